The summed E-state index contributed by atoms with van der Waals surface area (Å²) in [6, 6.07) is -0.924. The number of phosphoric ester groups is 1. The molecule has 0 spiro atoms. The summed E-state index contributed by atoms with van der Waals surface area (Å²) in [5.41, 5.74) is 0. The highest BCUT2D eigenvalue weighted by atomic mass is 31.2. The number of esters is 1. The van der Waals surface area contributed by atoms with Gasteiger partial charge in [0.25, 0.3) is 7.82 Å². The Morgan fingerprint density at radius 2 is 0.956 bits per heavy atom. The SMILES string of the molecule is CCCCCCCC/C=C\C/C=C/CCC(=O)OC(/C=C/CCCCCCCCCCCCC)C(COP(=O)([O-])OCC[N+](C)(C)C)NC(=O)CCCCC/C=C/C=C/CCCCCCCCC. The summed E-state index contributed by atoms with van der Waals surface area (Å²) in [6.45, 7) is 6.76. The van der Waals surface area contributed by atoms with Crippen LogP contribution in [0.5, 0.6) is 0 Å². The van der Waals surface area contributed by atoms with Crippen molar-refractivity contribution >= 4 is 19.7 Å². The minimum absolute atomic E-state index is 0.0360. The number of carbonyl (C=O) groups excluding carboxylic acids is 2. The number of amides is 1. The van der Waals surface area contributed by atoms with Crippen molar-refractivity contribution < 1.29 is 37.3 Å². The first kappa shape index (κ1) is 65.7. The highest BCUT2D eigenvalue weighted by Gasteiger charge is 2.27. The molecule has 3 atom stereocenters. The Morgan fingerprint density at radius 3 is 1.44 bits per heavy atom. The monoisotopic (exact) mass is 975 g/mol. The molecule has 0 aromatic rings. The molecule has 10 heteroatoms. The zero-order chi connectivity index (χ0) is 50.1. The van der Waals surface area contributed by atoms with Crippen LogP contribution in [0.3, 0.4) is 0 Å². The van der Waals surface area contributed by atoms with Crippen LogP contribution in [0.2, 0.25) is 0 Å². The van der Waals surface area contributed by atoms with E-state index in [1.165, 1.54) is 141 Å². The molecule has 0 radical (unpaired) electrons. The molecule has 1 N–H and O–H groups in total. The number of hydrogen-bond acceptors (Lipinski definition) is 7. The average molecular weight is 975 g/mol. The van der Waals surface area contributed by atoms with E-state index in [2.05, 4.69) is 68.6 Å². The summed E-state index contributed by atoms with van der Waals surface area (Å²) in [5.74, 6) is -0.650. The highest BCUT2D eigenvalue weighted by molar-refractivity contribution is 7.45. The molecule has 0 aromatic carbocycles. The second-order valence-corrected chi connectivity index (χ2v) is 21.5. The van der Waals surface area contributed by atoms with Gasteiger partial charge in [0, 0.05) is 12.8 Å². The van der Waals surface area contributed by atoms with Crippen molar-refractivity contribution in [1.82, 2.24) is 5.32 Å². The van der Waals surface area contributed by atoms with Crippen LogP contribution in [0, 0.1) is 0 Å². The van der Waals surface area contributed by atoms with E-state index in [4.69, 9.17) is 13.8 Å². The summed E-state index contributed by atoms with van der Waals surface area (Å²) < 4.78 is 30.1. The fourth-order valence-electron chi connectivity index (χ4n) is 7.80. The Hall–Kier alpha value is -2.29. The first-order chi connectivity index (χ1) is 32.9. The lowest BCUT2D eigenvalue weighted by Crippen LogP contribution is -2.47. The van der Waals surface area contributed by atoms with E-state index < -0.39 is 32.5 Å². The van der Waals surface area contributed by atoms with E-state index in [1.54, 1.807) is 6.08 Å². The molecule has 9 nitrogen and oxygen atoms in total. The summed E-state index contributed by atoms with van der Waals surface area (Å²) in [7, 11) is 1.14. The second kappa shape index (κ2) is 48.3. The molecule has 1 amide bonds. The number of hydrogen-bond donors (Lipinski definition) is 1. The smallest absolute Gasteiger partial charge is 0.306 e. The quantitative estimate of drug-likeness (QED) is 0.0161. The Morgan fingerprint density at radius 1 is 0.529 bits per heavy atom. The standard InChI is InChI=1S/C58H107N2O7P/c1-7-10-13-16-19-22-25-28-29-30-33-35-38-41-44-47-50-57(61)59-55(54-66-68(63,64)65-53-52-60(4,5)6)56(49-46-43-40-37-34-31-26-23-20-17-14-11-8-2)67-58(62)51-48-45-42-39-36-32-27-24-21-18-15-12-9-3/h29-30,32-33,35-36,42,45-46,49,55-56H,7-28,31,34,37-41,43-44,47-48,50-54H2,1-6H3,(H-,59,61,63,64)/b30-29+,35-33+,36-32-,45-42+,49-46+. The Balaban J connectivity index is 5.51. The lowest BCUT2D eigenvalue weighted by Gasteiger charge is -2.30. The van der Waals surface area contributed by atoms with Gasteiger partial charge in [0.05, 0.1) is 33.8 Å². The zero-order valence-electron chi connectivity index (χ0n) is 45.1. The summed E-state index contributed by atoms with van der Waals surface area (Å²) in [4.78, 5) is 39.7. The molecule has 68 heavy (non-hydrogen) atoms. The molecular formula is C58H107N2O7P. The molecule has 0 fully saturated rings. The van der Waals surface area contributed by atoms with Crippen LogP contribution in [0.4, 0.5) is 0 Å². The molecule has 0 aliphatic heterocycles. The van der Waals surface area contributed by atoms with Gasteiger partial charge in [-0.05, 0) is 76.7 Å². The van der Waals surface area contributed by atoms with Gasteiger partial charge in [0.15, 0.2) is 0 Å². The number of quaternary nitrogens is 1. The molecule has 0 aliphatic carbocycles. The number of nitrogens with zero attached hydrogens (tertiary/aromatic N) is 1. The molecule has 0 bridgehead atoms. The van der Waals surface area contributed by atoms with E-state index in [0.717, 1.165) is 57.8 Å². The third-order valence-electron chi connectivity index (χ3n) is 12.2. The maximum atomic E-state index is 13.4. The lowest BCUT2D eigenvalue weighted by atomic mass is 10.0. The Labute approximate surface area is 420 Å². The maximum Gasteiger partial charge on any atom is 0.306 e. The topological polar surface area (TPSA) is 114 Å². The summed E-state index contributed by atoms with van der Waals surface area (Å²) in [6.07, 6.45) is 59.2. The third-order valence-corrected chi connectivity index (χ3v) is 13.2. The lowest BCUT2D eigenvalue weighted by molar-refractivity contribution is -0.870. The van der Waals surface area contributed by atoms with Crippen molar-refractivity contribution in [3.63, 3.8) is 0 Å². The first-order valence-electron chi connectivity index (χ1n) is 28.1. The molecule has 0 aliphatic rings. The molecule has 3 unspecified atom stereocenters. The predicted molar refractivity (Wildman–Crippen MR) is 289 cm³/mol. The van der Waals surface area contributed by atoms with E-state index in [1.807, 2.05) is 33.3 Å². The van der Waals surface area contributed by atoms with Crippen LogP contribution in [0.25, 0.3) is 0 Å². The number of unbranched alkanes of at least 4 members (excludes halogenated alkanes) is 27. The number of nitrogens with one attached hydrogen (secondary N) is 1. The number of likely N-dealkylation sites (N-methyl/N-ethyl adjacent to an activating group) is 1. The minimum Gasteiger partial charge on any atom is -0.756 e. The van der Waals surface area contributed by atoms with Gasteiger partial charge < -0.3 is 28.5 Å². The van der Waals surface area contributed by atoms with Crippen LogP contribution in [-0.2, 0) is 27.9 Å². The normalized spacial score (nSPS) is 14.3. The minimum atomic E-state index is -4.71. The van der Waals surface area contributed by atoms with Crippen LogP contribution in [-0.4, -0.2) is 69.4 Å². The van der Waals surface area contributed by atoms with E-state index in [-0.39, 0.29) is 25.4 Å². The van der Waals surface area contributed by atoms with Crippen LogP contribution in [0.1, 0.15) is 245 Å². The largest absolute Gasteiger partial charge is 0.756 e. The van der Waals surface area contributed by atoms with Gasteiger partial charge in [-0.15, -0.1) is 0 Å². The first-order valence-corrected chi connectivity index (χ1v) is 29.6. The van der Waals surface area contributed by atoms with Gasteiger partial charge >= 0.3 is 5.97 Å². The van der Waals surface area contributed by atoms with Crippen molar-refractivity contribution in [3.8, 4) is 0 Å². The number of carbonyl (C=O) groups is 2. The van der Waals surface area contributed by atoms with Crippen molar-refractivity contribution in [2.24, 2.45) is 0 Å². The summed E-state index contributed by atoms with van der Waals surface area (Å²) >= 11 is 0. The van der Waals surface area contributed by atoms with Gasteiger partial charge in [-0.2, -0.15) is 0 Å². The summed E-state index contributed by atoms with van der Waals surface area (Å²) in [5, 5.41) is 2.99. The number of allylic oxidation sites excluding steroid dienone is 9. The van der Waals surface area contributed by atoms with Gasteiger partial charge in [0.1, 0.15) is 19.3 Å². The predicted octanol–water partition coefficient (Wildman–Crippen LogP) is 16.1. The van der Waals surface area contributed by atoms with E-state index in [0.29, 0.717) is 23.9 Å². The van der Waals surface area contributed by atoms with Gasteiger partial charge in [-0.1, -0.05) is 217 Å². The van der Waals surface area contributed by atoms with E-state index >= 15 is 0 Å². The van der Waals surface area contributed by atoms with E-state index in [9.17, 15) is 19.0 Å². The van der Waals surface area contributed by atoms with Gasteiger partial charge in [-0.3, -0.25) is 14.2 Å². The fourth-order valence-corrected chi connectivity index (χ4v) is 8.52. The molecular weight excluding hydrogens is 868 g/mol. The molecule has 0 heterocycles. The highest BCUT2D eigenvalue weighted by Crippen LogP contribution is 2.38. The molecule has 0 saturated heterocycles. The van der Waals surface area contributed by atoms with Crippen LogP contribution >= 0.6 is 7.82 Å². The van der Waals surface area contributed by atoms with Gasteiger partial charge in [-0.25, -0.2) is 0 Å². The second-order valence-electron chi connectivity index (χ2n) is 20.1. The van der Waals surface area contributed by atoms with Gasteiger partial charge in [0.2, 0.25) is 5.91 Å². The number of phosphoric acid groups is 1. The van der Waals surface area contributed by atoms with Crippen molar-refractivity contribution in [1.29, 1.82) is 0 Å². The van der Waals surface area contributed by atoms with Crippen molar-refractivity contribution in [2.45, 2.75) is 258 Å². The van der Waals surface area contributed by atoms with Crippen molar-refractivity contribution in [2.75, 3.05) is 40.9 Å². The molecule has 396 valence electrons. The van der Waals surface area contributed by atoms with Crippen LogP contribution in [0.15, 0.2) is 60.8 Å². The van der Waals surface area contributed by atoms with Crippen molar-refractivity contribution in [3.05, 3.63) is 60.8 Å². The number of ether oxygens (including phenoxy) is 1. The zero-order valence-corrected chi connectivity index (χ0v) is 45.9. The maximum absolute atomic E-state index is 13.4. The Bertz CT molecular complexity index is 1350. The third kappa shape index (κ3) is 48.7. The number of rotatable bonds is 50. The Kier molecular flexibility index (Phi) is 46.7. The average Bonchev–Trinajstić information content (AvgIpc) is 3.29. The molecule has 0 saturated carbocycles. The van der Waals surface area contributed by atoms with Crippen LogP contribution < -0.4 is 10.2 Å². The molecule has 0 rings (SSSR count). The molecule has 0 aromatic heterocycles. The fraction of sp³-hybridized carbons (Fsp3) is 0.793.